The molecule has 0 aliphatic carbocycles. The van der Waals surface area contributed by atoms with Crippen LogP contribution in [0, 0.1) is 12.8 Å². The number of aliphatic hydroxyl groups is 1. The Balaban J connectivity index is 2.04. The molecule has 1 aromatic heterocycles. The second-order valence-electron chi connectivity index (χ2n) is 8.11. The summed E-state index contributed by atoms with van der Waals surface area (Å²) >= 11 is 0. The summed E-state index contributed by atoms with van der Waals surface area (Å²) in [4.78, 5) is 27.9. The predicted molar refractivity (Wildman–Crippen MR) is 117 cm³/mol. The lowest BCUT2D eigenvalue weighted by molar-refractivity contribution is 0.0417. The monoisotopic (exact) mass is 429 g/mol. The zero-order valence-corrected chi connectivity index (χ0v) is 18.7. The number of aliphatic hydroxyl groups excluding tert-OH is 1. The minimum Gasteiger partial charge on any atom is -0.486 e. The molecule has 1 aliphatic rings. The molecule has 3 rings (SSSR count). The van der Waals surface area contributed by atoms with Crippen LogP contribution in [0.2, 0.25) is 0 Å². The number of carbonyl (C=O) groups is 2. The standard InChI is InChI=1S/C22H31N5O4/c1-13-11-27(15(3)12-28)22(30)16-7-6-8-17(20(16)31-19(13)10-23-4)24-21(29)18-9-14(2)25-26(18)5/h6-9,13,15,19,23,28H,10-12H2,1-5H3,(H,24,29)/t13-,15+,19+/m1/s1. The van der Waals surface area contributed by atoms with Crippen LogP contribution in [0.5, 0.6) is 5.75 Å². The molecule has 0 spiro atoms. The van der Waals surface area contributed by atoms with E-state index in [1.807, 2.05) is 27.8 Å². The Morgan fingerprint density at radius 3 is 2.77 bits per heavy atom. The Morgan fingerprint density at radius 2 is 2.16 bits per heavy atom. The maximum atomic E-state index is 13.4. The number of carbonyl (C=O) groups excluding carboxylic acids is 2. The molecule has 0 saturated heterocycles. The number of nitrogens with zero attached hydrogens (tertiary/aromatic N) is 3. The van der Waals surface area contributed by atoms with Gasteiger partial charge in [-0.05, 0) is 39.1 Å². The number of nitrogens with one attached hydrogen (secondary N) is 2. The summed E-state index contributed by atoms with van der Waals surface area (Å²) in [6.07, 6.45) is -0.234. The summed E-state index contributed by atoms with van der Waals surface area (Å²) < 4.78 is 7.83. The number of benzene rings is 1. The van der Waals surface area contributed by atoms with Gasteiger partial charge in [0.05, 0.1) is 29.6 Å². The minimum atomic E-state index is -0.341. The normalized spacial score (nSPS) is 19.8. The summed E-state index contributed by atoms with van der Waals surface area (Å²) in [6.45, 7) is 6.53. The fraction of sp³-hybridized carbons (Fsp3) is 0.500. The Hall–Kier alpha value is -2.91. The van der Waals surface area contributed by atoms with Crippen LogP contribution >= 0.6 is 0 Å². The Bertz CT molecular complexity index is 957. The van der Waals surface area contributed by atoms with Gasteiger partial charge in [0.15, 0.2) is 5.75 Å². The van der Waals surface area contributed by atoms with E-state index in [9.17, 15) is 14.7 Å². The third-order valence-corrected chi connectivity index (χ3v) is 5.58. The van der Waals surface area contributed by atoms with Gasteiger partial charge in [-0.2, -0.15) is 5.10 Å². The topological polar surface area (TPSA) is 109 Å². The molecular weight excluding hydrogens is 398 g/mol. The number of rotatable bonds is 6. The molecule has 1 aliphatic heterocycles. The van der Waals surface area contributed by atoms with E-state index in [2.05, 4.69) is 15.7 Å². The highest BCUT2D eigenvalue weighted by molar-refractivity contribution is 6.06. The Morgan fingerprint density at radius 1 is 1.42 bits per heavy atom. The van der Waals surface area contributed by atoms with Crippen molar-refractivity contribution < 1.29 is 19.4 Å². The smallest absolute Gasteiger partial charge is 0.274 e. The van der Waals surface area contributed by atoms with Crippen molar-refractivity contribution in [2.45, 2.75) is 32.9 Å². The van der Waals surface area contributed by atoms with Gasteiger partial charge in [0, 0.05) is 26.1 Å². The molecule has 0 radical (unpaired) electrons. The molecule has 2 aromatic rings. The molecule has 0 fully saturated rings. The molecule has 1 aromatic carbocycles. The second-order valence-corrected chi connectivity index (χ2v) is 8.11. The molecule has 3 N–H and O–H groups in total. The van der Waals surface area contributed by atoms with Crippen LogP contribution in [0.25, 0.3) is 0 Å². The van der Waals surface area contributed by atoms with E-state index < -0.39 is 0 Å². The van der Waals surface area contributed by atoms with Gasteiger partial charge in [-0.25, -0.2) is 0 Å². The number of anilines is 1. The van der Waals surface area contributed by atoms with Crippen molar-refractivity contribution in [1.29, 1.82) is 0 Å². The van der Waals surface area contributed by atoms with Gasteiger partial charge in [-0.1, -0.05) is 13.0 Å². The molecule has 9 nitrogen and oxygen atoms in total. The highest BCUT2D eigenvalue weighted by Gasteiger charge is 2.34. The molecular formula is C22H31N5O4. The van der Waals surface area contributed by atoms with Crippen LogP contribution in [-0.4, -0.2) is 70.5 Å². The molecule has 0 saturated carbocycles. The summed E-state index contributed by atoms with van der Waals surface area (Å²) in [6, 6.07) is 6.47. The summed E-state index contributed by atoms with van der Waals surface area (Å²) in [5.74, 6) is -0.240. The van der Waals surface area contributed by atoms with Gasteiger partial charge < -0.3 is 25.4 Å². The Kier molecular flexibility index (Phi) is 6.97. The van der Waals surface area contributed by atoms with Crippen molar-refractivity contribution in [3.8, 4) is 5.75 Å². The van der Waals surface area contributed by atoms with Crippen molar-refractivity contribution in [2.75, 3.05) is 32.1 Å². The first kappa shape index (κ1) is 22.8. The lowest BCUT2D eigenvalue weighted by atomic mass is 9.99. The molecule has 9 heteroatoms. The highest BCUT2D eigenvalue weighted by atomic mass is 16.5. The fourth-order valence-corrected chi connectivity index (χ4v) is 3.80. The van der Waals surface area contributed by atoms with Crippen LogP contribution in [0.1, 0.15) is 40.4 Å². The van der Waals surface area contributed by atoms with E-state index in [-0.39, 0.29) is 36.5 Å². The number of aryl methyl sites for hydroxylation is 2. The maximum Gasteiger partial charge on any atom is 0.274 e. The van der Waals surface area contributed by atoms with Crippen molar-refractivity contribution in [2.24, 2.45) is 13.0 Å². The van der Waals surface area contributed by atoms with Gasteiger partial charge in [-0.15, -0.1) is 0 Å². The van der Waals surface area contributed by atoms with Crippen molar-refractivity contribution in [1.82, 2.24) is 20.0 Å². The quantitative estimate of drug-likeness (QED) is 0.641. The predicted octanol–water partition coefficient (Wildman–Crippen LogP) is 1.42. The molecule has 0 bridgehead atoms. The van der Waals surface area contributed by atoms with Crippen molar-refractivity contribution in [3.05, 3.63) is 41.2 Å². The van der Waals surface area contributed by atoms with Gasteiger partial charge >= 0.3 is 0 Å². The summed E-state index contributed by atoms with van der Waals surface area (Å²) in [7, 11) is 3.55. The number of aromatic nitrogens is 2. The van der Waals surface area contributed by atoms with Crippen molar-refractivity contribution >= 4 is 17.5 Å². The van der Waals surface area contributed by atoms with Crippen LogP contribution in [0.4, 0.5) is 5.69 Å². The highest BCUT2D eigenvalue weighted by Crippen LogP contribution is 2.35. The lowest BCUT2D eigenvalue weighted by Gasteiger charge is -2.37. The molecule has 168 valence electrons. The lowest BCUT2D eigenvalue weighted by Crippen LogP contribution is -2.49. The maximum absolute atomic E-state index is 13.4. The average molecular weight is 430 g/mol. The number of amides is 2. The third-order valence-electron chi connectivity index (χ3n) is 5.58. The largest absolute Gasteiger partial charge is 0.486 e. The van der Waals surface area contributed by atoms with Crippen LogP contribution in [-0.2, 0) is 7.05 Å². The minimum absolute atomic E-state index is 0.00188. The average Bonchev–Trinajstić information content (AvgIpc) is 3.08. The van der Waals surface area contributed by atoms with E-state index >= 15 is 0 Å². The number of fused-ring (bicyclic) bond motifs is 1. The van der Waals surface area contributed by atoms with Crippen LogP contribution in [0.15, 0.2) is 24.3 Å². The van der Waals surface area contributed by atoms with Gasteiger partial charge in [-0.3, -0.25) is 14.3 Å². The van der Waals surface area contributed by atoms with Crippen LogP contribution < -0.4 is 15.4 Å². The zero-order chi connectivity index (χ0) is 22.7. The van der Waals surface area contributed by atoms with Gasteiger partial charge in [0.1, 0.15) is 11.8 Å². The first-order valence-electron chi connectivity index (χ1n) is 10.4. The number of hydrogen-bond donors (Lipinski definition) is 3. The SMILES string of the molecule is CNC[C@@H]1Oc2c(NC(=O)c3cc(C)nn3C)cccc2C(=O)N([C@@H](C)CO)C[C@H]1C. The third kappa shape index (κ3) is 4.72. The summed E-state index contributed by atoms with van der Waals surface area (Å²) in [5, 5.41) is 19.9. The van der Waals surface area contributed by atoms with E-state index in [0.29, 0.717) is 35.8 Å². The second kappa shape index (κ2) is 9.49. The zero-order valence-electron chi connectivity index (χ0n) is 18.7. The summed E-state index contributed by atoms with van der Waals surface area (Å²) in [5.41, 5.74) is 1.91. The number of ether oxygens (including phenoxy) is 1. The molecule has 31 heavy (non-hydrogen) atoms. The van der Waals surface area contributed by atoms with Crippen LogP contribution in [0.3, 0.4) is 0 Å². The van der Waals surface area contributed by atoms with Crippen molar-refractivity contribution in [3.63, 3.8) is 0 Å². The number of likely N-dealkylation sites (N-methyl/N-ethyl adjacent to an activating group) is 1. The van der Waals surface area contributed by atoms with E-state index in [0.717, 1.165) is 5.69 Å². The fourth-order valence-electron chi connectivity index (χ4n) is 3.80. The molecule has 2 amide bonds. The first-order valence-corrected chi connectivity index (χ1v) is 10.4. The van der Waals surface area contributed by atoms with E-state index in [4.69, 9.17) is 4.74 Å². The number of para-hydroxylation sites is 1. The molecule has 3 atom stereocenters. The van der Waals surface area contributed by atoms with Gasteiger partial charge in [0.2, 0.25) is 0 Å². The van der Waals surface area contributed by atoms with E-state index in [1.165, 1.54) is 4.68 Å². The van der Waals surface area contributed by atoms with Gasteiger partial charge in [0.25, 0.3) is 11.8 Å². The number of hydrogen-bond acceptors (Lipinski definition) is 6. The van der Waals surface area contributed by atoms with E-state index in [1.54, 1.807) is 36.2 Å². The first-order chi connectivity index (χ1) is 14.8. The Labute approximate surface area is 182 Å². The molecule has 0 unspecified atom stereocenters. The molecule has 2 heterocycles.